The van der Waals surface area contributed by atoms with Gasteiger partial charge in [-0.1, -0.05) is 36.4 Å². The van der Waals surface area contributed by atoms with E-state index in [-0.39, 0.29) is 61.9 Å². The summed E-state index contributed by atoms with van der Waals surface area (Å²) < 4.78 is 92.9. The molecule has 0 saturated carbocycles. The number of hydrogen-bond donors (Lipinski definition) is 6. The van der Waals surface area contributed by atoms with E-state index in [1.165, 1.54) is 18.2 Å². The Morgan fingerprint density at radius 3 is 1.89 bits per heavy atom. The molecule has 0 spiro atoms. The maximum absolute atomic E-state index is 12.1. The zero-order chi connectivity index (χ0) is 38.5. The molecule has 6 aromatic rings. The molecule has 54 heavy (non-hydrogen) atoms. The number of aliphatic hydroxyl groups excluding tert-OH is 1. The first-order chi connectivity index (χ1) is 25.0. The van der Waals surface area contributed by atoms with Gasteiger partial charge >= 0.3 is 10.6 Å². The van der Waals surface area contributed by atoms with E-state index in [9.17, 15) is 41.3 Å². The molecule has 0 heterocycles. The van der Waals surface area contributed by atoms with Gasteiger partial charge < -0.3 is 20.6 Å². The molecule has 283 valence electrons. The average molecular weight is 843 g/mol. The molecule has 0 aliphatic carbocycles. The molecule has 0 saturated heterocycles. The predicted molar refractivity (Wildman–Crippen MR) is 191 cm³/mol. The molecular formula is C33H25CuN5O12S3. The quantitative estimate of drug-likeness (QED) is 0.0488. The Morgan fingerprint density at radius 1 is 0.593 bits per heavy atom. The number of phenolic OH excluding ortho intramolecular Hbond substituents is 2. The number of fused-ring (bicyclic) bond motifs is 2. The summed E-state index contributed by atoms with van der Waals surface area (Å²) in [5, 5.41) is 51.7. The van der Waals surface area contributed by atoms with Crippen molar-refractivity contribution in [3.05, 3.63) is 109 Å². The fourth-order valence-electron chi connectivity index (χ4n) is 5.08. The Labute approximate surface area is 318 Å². The topological polar surface area (TPSA) is 282 Å². The Kier molecular flexibility index (Phi) is 13.0. The number of benzene rings is 6. The standard InChI is InChI=1S/C33H25N5O9S2.Cu.O3S/c39-18-20-14-29(38-36-27-12-9-19-13-22(10-11-24(19)33(27)41)34-21-5-2-1-3-6-21)30(40)17-28(20)37-35-23-15-26-25(32(16-23)49(45,46)47)7-4-8-31(26)48(42,43)44;;1-4(2)3/h1-17,34,39-41H,18H2,(H,42,43,44)(H,45,46,47);;. The third-order valence-electron chi connectivity index (χ3n) is 7.38. The number of azo groups is 2. The summed E-state index contributed by atoms with van der Waals surface area (Å²) in [7, 11) is -12.8. The van der Waals surface area contributed by atoms with Gasteiger partial charge in [0.25, 0.3) is 20.2 Å². The van der Waals surface area contributed by atoms with Crippen LogP contribution in [0.5, 0.6) is 11.5 Å². The van der Waals surface area contributed by atoms with E-state index in [2.05, 4.69) is 25.8 Å². The number of anilines is 2. The van der Waals surface area contributed by atoms with Gasteiger partial charge in [-0.3, -0.25) is 9.11 Å². The molecule has 6 N–H and O–H groups in total. The van der Waals surface area contributed by atoms with Crippen molar-refractivity contribution in [1.29, 1.82) is 0 Å². The number of rotatable bonds is 9. The van der Waals surface area contributed by atoms with Crippen molar-refractivity contribution in [2.75, 3.05) is 5.32 Å². The van der Waals surface area contributed by atoms with Crippen LogP contribution < -0.4 is 5.32 Å². The summed E-state index contributed by atoms with van der Waals surface area (Å²) in [4.78, 5) is -1.32. The van der Waals surface area contributed by atoms with Gasteiger partial charge in [0.15, 0.2) is 5.75 Å². The van der Waals surface area contributed by atoms with E-state index in [1.54, 1.807) is 24.3 Å². The first-order valence-corrected chi connectivity index (χ1v) is 18.6. The summed E-state index contributed by atoms with van der Waals surface area (Å²) in [6.07, 6.45) is 0. The van der Waals surface area contributed by atoms with E-state index < -0.39 is 53.0 Å². The second-order valence-electron chi connectivity index (χ2n) is 10.8. The van der Waals surface area contributed by atoms with Crippen LogP contribution in [0.25, 0.3) is 21.5 Å². The molecule has 0 aliphatic heterocycles. The van der Waals surface area contributed by atoms with Crippen LogP contribution in [0.1, 0.15) is 5.56 Å². The first-order valence-electron chi connectivity index (χ1n) is 14.7. The molecule has 17 nitrogen and oxygen atoms in total. The van der Waals surface area contributed by atoms with Crippen LogP contribution >= 0.6 is 0 Å². The number of nitrogens with zero attached hydrogens (tertiary/aromatic N) is 4. The zero-order valence-corrected chi connectivity index (χ0v) is 30.3. The summed E-state index contributed by atoms with van der Waals surface area (Å²) in [5.41, 5.74) is 1.56. The average Bonchev–Trinajstić information content (AvgIpc) is 3.09. The minimum absolute atomic E-state index is 0. The molecular weight excluding hydrogens is 818 g/mol. The minimum atomic E-state index is -4.88. The molecule has 0 amide bonds. The van der Waals surface area contributed by atoms with Crippen molar-refractivity contribution in [3.8, 4) is 11.5 Å². The second-order valence-corrected chi connectivity index (χ2v) is 14.0. The minimum Gasteiger partial charge on any atom is -0.506 e. The van der Waals surface area contributed by atoms with Gasteiger partial charge in [-0.25, -0.2) is 0 Å². The second kappa shape index (κ2) is 17.0. The molecule has 21 heteroatoms. The molecule has 0 bridgehead atoms. The normalized spacial score (nSPS) is 11.7. The van der Waals surface area contributed by atoms with Crippen LogP contribution in [0.2, 0.25) is 0 Å². The maximum atomic E-state index is 12.1. The molecule has 0 atom stereocenters. The van der Waals surface area contributed by atoms with Crippen LogP contribution in [0.15, 0.2) is 133 Å². The third-order valence-corrected chi connectivity index (χ3v) is 9.18. The van der Waals surface area contributed by atoms with Crippen molar-refractivity contribution in [2.24, 2.45) is 20.5 Å². The Balaban J connectivity index is 0.00000124. The third kappa shape index (κ3) is 9.86. The van der Waals surface area contributed by atoms with Gasteiger partial charge in [-0.05, 0) is 66.0 Å². The van der Waals surface area contributed by atoms with Crippen molar-refractivity contribution in [2.45, 2.75) is 16.4 Å². The maximum Gasteiger partial charge on any atom is 0.425 e. The van der Waals surface area contributed by atoms with E-state index >= 15 is 0 Å². The van der Waals surface area contributed by atoms with Gasteiger partial charge in [-0.15, -0.1) is 22.9 Å². The van der Waals surface area contributed by atoms with Crippen molar-refractivity contribution in [3.63, 3.8) is 0 Å². The molecule has 1 radical (unpaired) electrons. The summed E-state index contributed by atoms with van der Waals surface area (Å²) in [6.45, 7) is -0.599. The fraction of sp³-hybridized carbons (Fsp3) is 0.0303. The van der Waals surface area contributed by atoms with E-state index in [0.717, 1.165) is 41.0 Å². The Bertz CT molecular complexity index is 2780. The smallest absolute Gasteiger partial charge is 0.425 e. The van der Waals surface area contributed by atoms with E-state index in [1.807, 2.05) is 36.4 Å². The van der Waals surface area contributed by atoms with Crippen LogP contribution in [0, 0.1) is 0 Å². The molecule has 6 aromatic carbocycles. The summed E-state index contributed by atoms with van der Waals surface area (Å²) >= 11 is 0. The van der Waals surface area contributed by atoms with Crippen molar-refractivity contribution >= 4 is 86.5 Å². The number of phenols is 2. The van der Waals surface area contributed by atoms with Crippen molar-refractivity contribution in [1.82, 2.24) is 0 Å². The Morgan fingerprint density at radius 2 is 1.24 bits per heavy atom. The van der Waals surface area contributed by atoms with Gasteiger partial charge in [0.1, 0.15) is 26.9 Å². The molecule has 6 rings (SSSR count). The van der Waals surface area contributed by atoms with Crippen LogP contribution in [-0.4, -0.2) is 53.9 Å². The number of nitrogens with one attached hydrogen (secondary N) is 1. The van der Waals surface area contributed by atoms with Gasteiger partial charge in [0, 0.05) is 56.2 Å². The monoisotopic (exact) mass is 842 g/mol. The molecule has 0 aromatic heterocycles. The van der Waals surface area contributed by atoms with Crippen LogP contribution in [-0.2, 0) is 54.5 Å². The van der Waals surface area contributed by atoms with Crippen LogP contribution in [0.3, 0.4) is 0 Å². The zero-order valence-electron chi connectivity index (χ0n) is 26.9. The van der Waals surface area contributed by atoms with Gasteiger partial charge in [0.2, 0.25) is 0 Å². The SMILES string of the molecule is O=S(=O)(O)c1cc(N=Nc2cc(O)c(N=Nc3ccc4cc(Nc5ccccc5)ccc4c3O)cc2CO)cc2c(S(=O)(=O)O)cccc12.O=S(=O)=O.[Cu]. The fourth-order valence-corrected chi connectivity index (χ4v) is 6.51. The van der Waals surface area contributed by atoms with E-state index in [0.29, 0.717) is 5.39 Å². The number of aromatic hydroxyl groups is 2. The Hall–Kier alpha value is -5.64. The predicted octanol–water partition coefficient (Wildman–Crippen LogP) is 6.96. The van der Waals surface area contributed by atoms with Gasteiger partial charge in [0.05, 0.1) is 18.0 Å². The van der Waals surface area contributed by atoms with Gasteiger partial charge in [-0.2, -0.15) is 27.1 Å². The summed E-state index contributed by atoms with van der Waals surface area (Å²) in [5.74, 6) is -0.575. The number of para-hydroxylation sites is 1. The van der Waals surface area contributed by atoms with Crippen LogP contribution in [0.4, 0.5) is 34.1 Å². The summed E-state index contributed by atoms with van der Waals surface area (Å²) in [6, 6.07) is 26.2. The molecule has 0 unspecified atom stereocenters. The largest absolute Gasteiger partial charge is 0.506 e. The number of hydrogen-bond acceptors (Lipinski definition) is 15. The van der Waals surface area contributed by atoms with Crippen molar-refractivity contribution < 1.29 is 71.0 Å². The first kappa shape index (κ1) is 41.1. The number of aliphatic hydroxyl groups is 1. The molecule has 0 fully saturated rings. The van der Waals surface area contributed by atoms with E-state index in [4.69, 9.17) is 12.6 Å². The molecule has 0 aliphatic rings.